The average Bonchev–Trinajstić information content (AvgIpc) is 2.83. The van der Waals surface area contributed by atoms with Crippen LogP contribution in [-0.2, 0) is 26.2 Å². The van der Waals surface area contributed by atoms with Crippen LogP contribution in [0.5, 0.6) is 5.75 Å². The Labute approximate surface area is 219 Å². The molecule has 0 spiro atoms. The number of carbonyl (C=O) groups excluding carboxylic acids is 2. The molecule has 10 heteroatoms. The summed E-state index contributed by atoms with van der Waals surface area (Å²) in [5, 5.41) is 3.45. The normalized spacial score (nSPS) is 12.0. The first-order valence-corrected chi connectivity index (χ1v) is 14.4. The largest absolute Gasteiger partial charge is 0.492 e. The SMILES string of the molecule is CCCCNC(=O)C(CC)N(Cc1ccc(Cl)cc1)C(=O)CN(c1ccccc1OCC)S(C)(=O)=O. The summed E-state index contributed by atoms with van der Waals surface area (Å²) < 4.78 is 32.2. The molecule has 198 valence electrons. The molecule has 1 N–H and O–H groups in total. The summed E-state index contributed by atoms with van der Waals surface area (Å²) in [6.07, 6.45) is 3.16. The fraction of sp³-hybridized carbons (Fsp3) is 0.462. The summed E-state index contributed by atoms with van der Waals surface area (Å²) >= 11 is 6.02. The molecular formula is C26H36ClN3O5S. The van der Waals surface area contributed by atoms with Crippen LogP contribution in [0.15, 0.2) is 48.5 Å². The van der Waals surface area contributed by atoms with Gasteiger partial charge in [-0.3, -0.25) is 13.9 Å². The van der Waals surface area contributed by atoms with Crippen LogP contribution in [0.2, 0.25) is 5.02 Å². The molecule has 0 aliphatic rings. The smallest absolute Gasteiger partial charge is 0.244 e. The third-order valence-corrected chi connectivity index (χ3v) is 6.97. The molecule has 0 fully saturated rings. The summed E-state index contributed by atoms with van der Waals surface area (Å²) in [5.41, 5.74) is 1.04. The monoisotopic (exact) mass is 537 g/mol. The van der Waals surface area contributed by atoms with E-state index in [-0.39, 0.29) is 18.1 Å². The number of para-hydroxylation sites is 2. The standard InChI is InChI=1S/C26H36ClN3O5S/c1-5-8-17-28-26(32)22(6-2)29(18-20-13-15-21(27)16-14-20)25(31)19-30(36(4,33)34)23-11-9-10-12-24(23)35-7-3/h9-16,22H,5-8,17-19H2,1-4H3,(H,28,32). The van der Waals surface area contributed by atoms with Gasteiger partial charge in [-0.25, -0.2) is 8.42 Å². The summed E-state index contributed by atoms with van der Waals surface area (Å²) in [7, 11) is -3.85. The van der Waals surface area contributed by atoms with E-state index < -0.39 is 28.5 Å². The number of unbranched alkanes of at least 4 members (excludes halogenated alkanes) is 1. The number of carbonyl (C=O) groups is 2. The Balaban J connectivity index is 2.44. The molecule has 2 aromatic rings. The summed E-state index contributed by atoms with van der Waals surface area (Å²) in [4.78, 5) is 28.2. The van der Waals surface area contributed by atoms with Crippen molar-refractivity contribution >= 4 is 39.1 Å². The van der Waals surface area contributed by atoms with Gasteiger partial charge in [0.1, 0.15) is 18.3 Å². The van der Waals surface area contributed by atoms with Gasteiger partial charge in [0.15, 0.2) is 0 Å². The van der Waals surface area contributed by atoms with Gasteiger partial charge < -0.3 is 15.0 Å². The summed E-state index contributed by atoms with van der Waals surface area (Å²) in [6, 6.07) is 12.9. The Bertz CT molecular complexity index is 1110. The molecule has 0 aliphatic heterocycles. The van der Waals surface area contributed by atoms with Crippen LogP contribution >= 0.6 is 11.6 Å². The maximum absolute atomic E-state index is 13.7. The van der Waals surface area contributed by atoms with E-state index in [1.54, 1.807) is 55.5 Å². The fourth-order valence-corrected chi connectivity index (χ4v) is 4.73. The number of hydrogen-bond donors (Lipinski definition) is 1. The molecule has 1 unspecified atom stereocenters. The van der Waals surface area contributed by atoms with Gasteiger partial charge in [-0.15, -0.1) is 0 Å². The second-order valence-corrected chi connectivity index (χ2v) is 10.7. The molecule has 0 bridgehead atoms. The highest BCUT2D eigenvalue weighted by Crippen LogP contribution is 2.30. The first kappa shape index (κ1) is 29.5. The van der Waals surface area contributed by atoms with Crippen LogP contribution in [0.4, 0.5) is 5.69 Å². The van der Waals surface area contributed by atoms with Gasteiger partial charge in [0, 0.05) is 18.1 Å². The average molecular weight is 538 g/mol. The van der Waals surface area contributed by atoms with Crippen LogP contribution in [0, 0.1) is 0 Å². The number of nitrogens with zero attached hydrogens (tertiary/aromatic N) is 2. The van der Waals surface area contributed by atoms with Crippen molar-refractivity contribution < 1.29 is 22.7 Å². The van der Waals surface area contributed by atoms with Gasteiger partial charge in [-0.1, -0.05) is 56.1 Å². The van der Waals surface area contributed by atoms with E-state index in [1.165, 1.54) is 4.90 Å². The van der Waals surface area contributed by atoms with Gasteiger partial charge in [0.05, 0.1) is 18.6 Å². The molecule has 2 amide bonds. The Morgan fingerprint density at radius 1 is 1.06 bits per heavy atom. The van der Waals surface area contributed by atoms with Crippen molar-refractivity contribution in [1.82, 2.24) is 10.2 Å². The maximum atomic E-state index is 13.7. The molecular weight excluding hydrogens is 502 g/mol. The molecule has 1 atom stereocenters. The van der Waals surface area contributed by atoms with E-state index in [4.69, 9.17) is 16.3 Å². The molecule has 8 nitrogen and oxygen atoms in total. The number of halogens is 1. The predicted molar refractivity (Wildman–Crippen MR) is 144 cm³/mol. The highest BCUT2D eigenvalue weighted by Gasteiger charge is 2.32. The fourth-order valence-electron chi connectivity index (χ4n) is 3.75. The zero-order valence-electron chi connectivity index (χ0n) is 21.4. The Kier molecular flexibility index (Phi) is 11.5. The Morgan fingerprint density at radius 2 is 1.72 bits per heavy atom. The highest BCUT2D eigenvalue weighted by atomic mass is 35.5. The van der Waals surface area contributed by atoms with Gasteiger partial charge >= 0.3 is 0 Å². The van der Waals surface area contributed by atoms with Crippen molar-refractivity contribution in [2.45, 2.75) is 52.6 Å². The van der Waals surface area contributed by atoms with Gasteiger partial charge in [-0.2, -0.15) is 0 Å². The van der Waals surface area contributed by atoms with Crippen molar-refractivity contribution in [3.8, 4) is 5.75 Å². The van der Waals surface area contributed by atoms with Gasteiger partial charge in [0.25, 0.3) is 0 Å². The van der Waals surface area contributed by atoms with E-state index in [0.29, 0.717) is 30.3 Å². The number of rotatable bonds is 14. The summed E-state index contributed by atoms with van der Waals surface area (Å²) in [6.45, 7) is 6.14. The third kappa shape index (κ3) is 8.41. The lowest BCUT2D eigenvalue weighted by molar-refractivity contribution is -0.140. The predicted octanol–water partition coefficient (Wildman–Crippen LogP) is 4.23. The highest BCUT2D eigenvalue weighted by molar-refractivity contribution is 7.92. The number of benzene rings is 2. The first-order valence-electron chi connectivity index (χ1n) is 12.1. The minimum Gasteiger partial charge on any atom is -0.492 e. The van der Waals surface area contributed by atoms with Crippen LogP contribution < -0.4 is 14.4 Å². The minimum absolute atomic E-state index is 0.125. The van der Waals surface area contributed by atoms with E-state index in [0.717, 1.165) is 29.0 Å². The lowest BCUT2D eigenvalue weighted by Gasteiger charge is -2.33. The van der Waals surface area contributed by atoms with Crippen molar-refractivity contribution in [1.29, 1.82) is 0 Å². The number of nitrogens with one attached hydrogen (secondary N) is 1. The molecule has 2 rings (SSSR count). The molecule has 0 saturated carbocycles. The second-order valence-electron chi connectivity index (χ2n) is 8.39. The molecule has 0 aliphatic carbocycles. The van der Waals surface area contributed by atoms with E-state index in [2.05, 4.69) is 5.32 Å². The topological polar surface area (TPSA) is 96.0 Å². The number of hydrogen-bond acceptors (Lipinski definition) is 5. The van der Waals surface area contributed by atoms with E-state index in [1.807, 2.05) is 13.8 Å². The maximum Gasteiger partial charge on any atom is 0.244 e. The van der Waals surface area contributed by atoms with Crippen molar-refractivity contribution in [3.05, 3.63) is 59.1 Å². The van der Waals surface area contributed by atoms with Crippen LogP contribution in [0.25, 0.3) is 0 Å². The van der Waals surface area contributed by atoms with Crippen LogP contribution in [0.3, 0.4) is 0 Å². The second kappa shape index (κ2) is 14.1. The quantitative estimate of drug-likeness (QED) is 0.364. The first-order chi connectivity index (χ1) is 17.1. The molecule has 0 heterocycles. The number of amides is 2. The lowest BCUT2D eigenvalue weighted by Crippen LogP contribution is -2.52. The van der Waals surface area contributed by atoms with E-state index >= 15 is 0 Å². The molecule has 0 aromatic heterocycles. The van der Waals surface area contributed by atoms with Gasteiger partial charge in [-0.05, 0) is 49.6 Å². The van der Waals surface area contributed by atoms with Crippen LogP contribution in [-0.4, -0.2) is 57.1 Å². The summed E-state index contributed by atoms with van der Waals surface area (Å²) in [5.74, 6) is -0.417. The number of anilines is 1. The van der Waals surface area contributed by atoms with Crippen molar-refractivity contribution in [2.24, 2.45) is 0 Å². The molecule has 0 saturated heterocycles. The Hall–Kier alpha value is -2.78. The minimum atomic E-state index is -3.85. The van der Waals surface area contributed by atoms with Crippen LogP contribution in [0.1, 0.15) is 45.6 Å². The molecule has 36 heavy (non-hydrogen) atoms. The third-order valence-electron chi connectivity index (χ3n) is 5.59. The zero-order valence-corrected chi connectivity index (χ0v) is 22.9. The van der Waals surface area contributed by atoms with E-state index in [9.17, 15) is 18.0 Å². The number of ether oxygens (including phenoxy) is 1. The Morgan fingerprint density at radius 3 is 2.31 bits per heavy atom. The lowest BCUT2D eigenvalue weighted by atomic mass is 10.1. The molecule has 0 radical (unpaired) electrons. The zero-order chi connectivity index (χ0) is 26.7. The van der Waals surface area contributed by atoms with Gasteiger partial charge in [0.2, 0.25) is 21.8 Å². The number of sulfonamides is 1. The molecule has 2 aromatic carbocycles. The van der Waals surface area contributed by atoms with Crippen molar-refractivity contribution in [3.63, 3.8) is 0 Å². The van der Waals surface area contributed by atoms with Crippen molar-refractivity contribution in [2.75, 3.05) is 30.3 Å².